The molecule has 0 aliphatic carbocycles. The molecule has 1 aliphatic heterocycles. The van der Waals surface area contributed by atoms with E-state index < -0.39 is 10.0 Å². The maximum Gasteiger partial charge on any atom is 0.243 e. The van der Waals surface area contributed by atoms with Crippen molar-refractivity contribution in [1.29, 1.82) is 0 Å². The van der Waals surface area contributed by atoms with Gasteiger partial charge < -0.3 is 5.73 Å². The average molecular weight is 296 g/mol. The van der Waals surface area contributed by atoms with E-state index >= 15 is 0 Å². The van der Waals surface area contributed by atoms with Gasteiger partial charge in [-0.15, -0.1) is 0 Å². The predicted molar refractivity (Wildman–Crippen MR) is 81.1 cm³/mol. The van der Waals surface area contributed by atoms with Crippen LogP contribution >= 0.6 is 0 Å². The zero-order chi connectivity index (χ0) is 14.8. The Bertz CT molecular complexity index is 555. The molecule has 1 aromatic rings. The molecule has 4 nitrogen and oxygen atoms in total. The second kappa shape index (κ2) is 6.24. The van der Waals surface area contributed by atoms with Gasteiger partial charge >= 0.3 is 0 Å². The number of piperidine rings is 1. The first-order valence-corrected chi connectivity index (χ1v) is 8.72. The van der Waals surface area contributed by atoms with Gasteiger partial charge in [0.15, 0.2) is 0 Å². The van der Waals surface area contributed by atoms with Crippen LogP contribution in [0, 0.1) is 0 Å². The van der Waals surface area contributed by atoms with Crippen LogP contribution < -0.4 is 5.73 Å². The molecule has 2 N–H and O–H groups in total. The Morgan fingerprint density at radius 3 is 2.75 bits per heavy atom. The summed E-state index contributed by atoms with van der Waals surface area (Å²) in [5, 5.41) is 0. The molecule has 1 heterocycles. The number of sulfonamides is 1. The number of rotatable bonds is 4. The Balaban J connectivity index is 2.36. The molecule has 1 unspecified atom stereocenters. The van der Waals surface area contributed by atoms with Crippen LogP contribution in [0.15, 0.2) is 29.2 Å². The van der Waals surface area contributed by atoms with Crippen molar-refractivity contribution < 1.29 is 8.42 Å². The first-order chi connectivity index (χ1) is 9.46. The molecule has 0 saturated carbocycles. The highest BCUT2D eigenvalue weighted by Crippen LogP contribution is 2.26. The molecule has 1 aromatic carbocycles. The monoisotopic (exact) mass is 296 g/mol. The van der Waals surface area contributed by atoms with Crippen molar-refractivity contribution in [3.8, 4) is 0 Å². The highest BCUT2D eigenvalue weighted by atomic mass is 32.2. The fraction of sp³-hybridized carbons (Fsp3) is 0.600. The lowest BCUT2D eigenvalue weighted by Gasteiger charge is -2.34. The van der Waals surface area contributed by atoms with E-state index in [1.807, 2.05) is 12.1 Å². The first-order valence-electron chi connectivity index (χ1n) is 7.28. The van der Waals surface area contributed by atoms with Crippen molar-refractivity contribution in [2.75, 3.05) is 13.1 Å². The van der Waals surface area contributed by atoms with Crippen LogP contribution in [0.1, 0.15) is 44.6 Å². The minimum atomic E-state index is -3.43. The van der Waals surface area contributed by atoms with Gasteiger partial charge in [0.25, 0.3) is 0 Å². The standard InChI is InChI=1S/C15H24N2O2S/c1-12(2)13-6-5-8-15(10-13)20(18,19)17-9-4-3-7-14(17)11-16/h5-6,8,10,12,14H,3-4,7,9,11,16H2,1-2H3. The van der Waals surface area contributed by atoms with E-state index in [-0.39, 0.29) is 6.04 Å². The van der Waals surface area contributed by atoms with E-state index in [1.165, 1.54) is 0 Å². The van der Waals surface area contributed by atoms with Crippen molar-refractivity contribution in [1.82, 2.24) is 4.31 Å². The molecule has 1 fully saturated rings. The second-order valence-electron chi connectivity index (χ2n) is 5.73. The molecule has 0 amide bonds. The lowest BCUT2D eigenvalue weighted by molar-refractivity contribution is 0.257. The zero-order valence-corrected chi connectivity index (χ0v) is 13.1. The molecule has 1 atom stereocenters. The van der Waals surface area contributed by atoms with Crippen molar-refractivity contribution in [3.05, 3.63) is 29.8 Å². The Hall–Kier alpha value is -0.910. The number of hydrogen-bond donors (Lipinski definition) is 1. The summed E-state index contributed by atoms with van der Waals surface area (Å²) in [5.41, 5.74) is 6.79. The SMILES string of the molecule is CC(C)c1cccc(S(=O)(=O)N2CCCCC2CN)c1. The summed E-state index contributed by atoms with van der Waals surface area (Å²) in [6.07, 6.45) is 2.83. The fourth-order valence-corrected chi connectivity index (χ4v) is 4.46. The third-order valence-corrected chi connectivity index (χ3v) is 5.92. The molecule has 0 spiro atoms. The predicted octanol–water partition coefficient (Wildman–Crippen LogP) is 2.31. The third-order valence-electron chi connectivity index (χ3n) is 3.98. The molecular formula is C15H24N2O2S. The molecule has 0 radical (unpaired) electrons. The van der Waals surface area contributed by atoms with Crippen LogP contribution in [-0.4, -0.2) is 31.9 Å². The average Bonchev–Trinajstić information content (AvgIpc) is 2.47. The van der Waals surface area contributed by atoms with E-state index in [9.17, 15) is 8.42 Å². The summed E-state index contributed by atoms with van der Waals surface area (Å²) in [5.74, 6) is 0.316. The summed E-state index contributed by atoms with van der Waals surface area (Å²) in [6, 6.07) is 7.21. The van der Waals surface area contributed by atoms with E-state index in [2.05, 4.69) is 13.8 Å². The maximum atomic E-state index is 12.8. The largest absolute Gasteiger partial charge is 0.329 e. The van der Waals surface area contributed by atoms with Crippen LogP contribution in [0.3, 0.4) is 0 Å². The summed E-state index contributed by atoms with van der Waals surface area (Å²) in [6.45, 7) is 5.10. The molecule has 2 rings (SSSR count). The van der Waals surface area contributed by atoms with E-state index in [0.29, 0.717) is 23.9 Å². The van der Waals surface area contributed by atoms with Crippen molar-refractivity contribution in [3.63, 3.8) is 0 Å². The van der Waals surface area contributed by atoms with Gasteiger partial charge in [-0.05, 0) is 36.5 Å². The normalized spacial score (nSPS) is 21.3. The number of nitrogens with zero attached hydrogens (tertiary/aromatic N) is 1. The van der Waals surface area contributed by atoms with E-state index in [4.69, 9.17) is 5.73 Å². The Kier molecular flexibility index (Phi) is 4.83. The fourth-order valence-electron chi connectivity index (χ4n) is 2.70. The highest BCUT2D eigenvalue weighted by Gasteiger charge is 2.32. The van der Waals surface area contributed by atoms with Gasteiger partial charge in [0.1, 0.15) is 0 Å². The second-order valence-corrected chi connectivity index (χ2v) is 7.62. The molecule has 112 valence electrons. The molecule has 5 heteroatoms. The minimum Gasteiger partial charge on any atom is -0.329 e. The van der Waals surface area contributed by atoms with Crippen molar-refractivity contribution in [2.24, 2.45) is 5.73 Å². The number of hydrogen-bond acceptors (Lipinski definition) is 3. The third kappa shape index (κ3) is 3.05. The summed E-state index contributed by atoms with van der Waals surface area (Å²) >= 11 is 0. The zero-order valence-electron chi connectivity index (χ0n) is 12.2. The number of nitrogens with two attached hydrogens (primary N) is 1. The van der Waals surface area contributed by atoms with Gasteiger partial charge in [0.2, 0.25) is 10.0 Å². The smallest absolute Gasteiger partial charge is 0.243 e. The van der Waals surface area contributed by atoms with Crippen LogP contribution in [0.5, 0.6) is 0 Å². The molecule has 0 aromatic heterocycles. The molecular weight excluding hydrogens is 272 g/mol. The number of benzene rings is 1. The molecule has 1 aliphatic rings. The lowest BCUT2D eigenvalue weighted by atomic mass is 10.0. The Morgan fingerprint density at radius 2 is 2.10 bits per heavy atom. The van der Waals surface area contributed by atoms with Crippen LogP contribution in [0.4, 0.5) is 0 Å². The first kappa shape index (κ1) is 15.5. The van der Waals surface area contributed by atoms with Crippen LogP contribution in [-0.2, 0) is 10.0 Å². The topological polar surface area (TPSA) is 63.4 Å². The molecule has 1 saturated heterocycles. The Morgan fingerprint density at radius 1 is 1.35 bits per heavy atom. The minimum absolute atomic E-state index is 0.0588. The van der Waals surface area contributed by atoms with Gasteiger partial charge in [-0.3, -0.25) is 0 Å². The van der Waals surface area contributed by atoms with Gasteiger partial charge in [-0.2, -0.15) is 4.31 Å². The lowest BCUT2D eigenvalue weighted by Crippen LogP contribution is -2.47. The maximum absolute atomic E-state index is 12.8. The summed E-state index contributed by atoms with van der Waals surface area (Å²) < 4.78 is 27.2. The molecule has 20 heavy (non-hydrogen) atoms. The quantitative estimate of drug-likeness (QED) is 0.927. The van der Waals surface area contributed by atoms with Crippen molar-refractivity contribution >= 4 is 10.0 Å². The summed E-state index contributed by atoms with van der Waals surface area (Å²) in [7, 11) is -3.43. The summed E-state index contributed by atoms with van der Waals surface area (Å²) in [4.78, 5) is 0.393. The Labute approximate surface area is 122 Å². The van der Waals surface area contributed by atoms with Crippen molar-refractivity contribution in [2.45, 2.75) is 50.0 Å². The molecule has 0 bridgehead atoms. The van der Waals surface area contributed by atoms with Crippen LogP contribution in [0.2, 0.25) is 0 Å². The highest BCUT2D eigenvalue weighted by molar-refractivity contribution is 7.89. The van der Waals surface area contributed by atoms with Crippen LogP contribution in [0.25, 0.3) is 0 Å². The van der Waals surface area contributed by atoms with E-state index in [1.54, 1.807) is 16.4 Å². The van der Waals surface area contributed by atoms with E-state index in [0.717, 1.165) is 24.8 Å². The van der Waals surface area contributed by atoms with Gasteiger partial charge in [0.05, 0.1) is 4.90 Å². The van der Waals surface area contributed by atoms with Gasteiger partial charge in [-0.1, -0.05) is 32.4 Å². The van der Waals surface area contributed by atoms with Gasteiger partial charge in [0, 0.05) is 19.1 Å². The van der Waals surface area contributed by atoms with Gasteiger partial charge in [-0.25, -0.2) is 8.42 Å².